The number of carbonyl (C=O) groups excluding carboxylic acids is 1. The van der Waals surface area contributed by atoms with Gasteiger partial charge in [-0.2, -0.15) is 0 Å². The number of nitrogens with one attached hydrogen (secondary N) is 1. The minimum Gasteiger partial charge on any atom is -0.490 e. The van der Waals surface area contributed by atoms with Crippen LogP contribution in [0.15, 0.2) is 42.5 Å². The molecular formula is C19H17F2NO5. The van der Waals surface area contributed by atoms with Gasteiger partial charge in [-0.1, -0.05) is 12.1 Å². The van der Waals surface area contributed by atoms with Gasteiger partial charge in [0.25, 0.3) is 5.91 Å². The zero-order chi connectivity index (χ0) is 18.9. The van der Waals surface area contributed by atoms with Gasteiger partial charge in [-0.05, 0) is 37.1 Å². The van der Waals surface area contributed by atoms with E-state index in [1.807, 2.05) is 0 Å². The molecule has 2 aromatic rings. The van der Waals surface area contributed by atoms with Crippen molar-refractivity contribution in [1.82, 2.24) is 0 Å². The van der Waals surface area contributed by atoms with Crippen molar-refractivity contribution in [3.05, 3.63) is 48.0 Å². The van der Waals surface area contributed by atoms with Crippen molar-refractivity contribution >= 4 is 11.6 Å². The summed E-state index contributed by atoms with van der Waals surface area (Å²) in [6.07, 6.45) is -1.75. The van der Waals surface area contributed by atoms with Gasteiger partial charge in [-0.3, -0.25) is 4.79 Å². The Balaban J connectivity index is 1.46. The predicted octanol–water partition coefficient (Wildman–Crippen LogP) is 3.82. The minimum absolute atomic E-state index is 0.0247. The molecule has 0 aliphatic carbocycles. The highest BCUT2D eigenvalue weighted by atomic mass is 19.3. The summed E-state index contributed by atoms with van der Waals surface area (Å²) in [5.74, 6) is -0.222. The van der Waals surface area contributed by atoms with E-state index < -0.39 is 12.2 Å². The third-order valence-electron chi connectivity index (χ3n) is 4.24. The van der Waals surface area contributed by atoms with Crippen LogP contribution in [0, 0.1) is 0 Å². The molecule has 1 fully saturated rings. The van der Waals surface area contributed by atoms with E-state index in [4.69, 9.17) is 9.47 Å². The summed E-state index contributed by atoms with van der Waals surface area (Å²) >= 11 is 0. The summed E-state index contributed by atoms with van der Waals surface area (Å²) in [6, 6.07) is 10.9. The molecule has 1 atom stereocenters. The third kappa shape index (κ3) is 3.95. The topological polar surface area (TPSA) is 66.0 Å². The summed E-state index contributed by atoms with van der Waals surface area (Å²) in [6.45, 7) is 1.09. The maximum absolute atomic E-state index is 13.1. The molecule has 1 unspecified atom stereocenters. The second-order valence-electron chi connectivity index (χ2n) is 6.23. The molecule has 1 N–H and O–H groups in total. The van der Waals surface area contributed by atoms with Gasteiger partial charge in [0.1, 0.15) is 12.4 Å². The van der Waals surface area contributed by atoms with Crippen LogP contribution in [0.1, 0.15) is 23.2 Å². The number of alkyl halides is 2. The Bertz CT molecular complexity index is 852. The number of halogens is 2. The smallest absolute Gasteiger partial charge is 0.490 e. The molecule has 8 heteroatoms. The second-order valence-corrected chi connectivity index (χ2v) is 6.23. The largest absolute Gasteiger partial charge is 0.586 e. The van der Waals surface area contributed by atoms with Gasteiger partial charge < -0.3 is 24.3 Å². The molecule has 2 aliphatic heterocycles. The van der Waals surface area contributed by atoms with Crippen LogP contribution in [-0.4, -0.2) is 31.5 Å². The number of benzene rings is 2. The molecule has 27 heavy (non-hydrogen) atoms. The number of carbonyl (C=O) groups is 1. The molecule has 6 nitrogen and oxygen atoms in total. The van der Waals surface area contributed by atoms with Gasteiger partial charge in [0.15, 0.2) is 11.5 Å². The Morgan fingerprint density at radius 2 is 2.00 bits per heavy atom. The lowest BCUT2D eigenvalue weighted by molar-refractivity contribution is -0.286. The van der Waals surface area contributed by atoms with Crippen molar-refractivity contribution in [2.24, 2.45) is 0 Å². The SMILES string of the molecule is O=C(Nc1ccc2c(c1)OC(F)(F)O2)c1ccccc1OCC1CCCO1. The van der Waals surface area contributed by atoms with E-state index in [1.165, 1.54) is 18.2 Å². The molecule has 0 saturated carbocycles. The number of fused-ring (bicyclic) bond motifs is 1. The van der Waals surface area contributed by atoms with Gasteiger partial charge >= 0.3 is 6.29 Å². The predicted molar refractivity (Wildman–Crippen MR) is 91.5 cm³/mol. The number of rotatable bonds is 5. The number of hydrogen-bond donors (Lipinski definition) is 1. The Hall–Kier alpha value is -2.87. The first-order valence-electron chi connectivity index (χ1n) is 8.55. The van der Waals surface area contributed by atoms with Crippen LogP contribution in [0.2, 0.25) is 0 Å². The number of anilines is 1. The van der Waals surface area contributed by atoms with E-state index >= 15 is 0 Å². The van der Waals surface area contributed by atoms with Gasteiger partial charge in [0, 0.05) is 18.4 Å². The number of para-hydroxylation sites is 1. The summed E-state index contributed by atoms with van der Waals surface area (Å²) in [7, 11) is 0. The fourth-order valence-electron chi connectivity index (χ4n) is 2.96. The molecular weight excluding hydrogens is 360 g/mol. The molecule has 0 spiro atoms. The second kappa shape index (κ2) is 7.03. The summed E-state index contributed by atoms with van der Waals surface area (Å²) in [5, 5.41) is 2.65. The molecule has 0 radical (unpaired) electrons. The van der Waals surface area contributed by atoms with E-state index in [2.05, 4.69) is 14.8 Å². The van der Waals surface area contributed by atoms with Crippen molar-refractivity contribution in [3.8, 4) is 17.2 Å². The van der Waals surface area contributed by atoms with E-state index in [-0.39, 0.29) is 17.6 Å². The zero-order valence-corrected chi connectivity index (χ0v) is 14.2. The lowest BCUT2D eigenvalue weighted by atomic mass is 10.1. The summed E-state index contributed by atoms with van der Waals surface area (Å²) in [4.78, 5) is 12.6. The fourth-order valence-corrected chi connectivity index (χ4v) is 2.96. The Morgan fingerprint density at radius 3 is 2.81 bits per heavy atom. The van der Waals surface area contributed by atoms with Gasteiger partial charge in [-0.25, -0.2) is 0 Å². The zero-order valence-electron chi connectivity index (χ0n) is 14.2. The van der Waals surface area contributed by atoms with Crippen LogP contribution < -0.4 is 19.5 Å². The molecule has 1 amide bonds. The van der Waals surface area contributed by atoms with E-state index in [0.29, 0.717) is 23.6 Å². The third-order valence-corrected chi connectivity index (χ3v) is 4.24. The first-order chi connectivity index (χ1) is 13.0. The molecule has 0 aromatic heterocycles. The molecule has 2 aromatic carbocycles. The van der Waals surface area contributed by atoms with E-state index in [1.54, 1.807) is 24.3 Å². The van der Waals surface area contributed by atoms with Crippen LogP contribution in [0.3, 0.4) is 0 Å². The van der Waals surface area contributed by atoms with Crippen molar-refractivity contribution in [2.45, 2.75) is 25.2 Å². The first kappa shape index (κ1) is 17.5. The Kier molecular flexibility index (Phi) is 4.57. The lowest BCUT2D eigenvalue weighted by Gasteiger charge is -2.14. The van der Waals surface area contributed by atoms with Crippen LogP contribution in [0.5, 0.6) is 17.2 Å². The van der Waals surface area contributed by atoms with E-state index in [0.717, 1.165) is 19.4 Å². The van der Waals surface area contributed by atoms with Gasteiger partial charge in [0.05, 0.1) is 11.7 Å². The molecule has 1 saturated heterocycles. The molecule has 2 heterocycles. The molecule has 2 aliphatic rings. The standard InChI is InChI=1S/C19H17F2NO5/c20-19(21)26-16-8-7-12(10-17(16)27-19)22-18(23)14-5-1-2-6-15(14)25-11-13-4-3-9-24-13/h1-2,5-8,10,13H,3-4,9,11H2,(H,22,23). The lowest BCUT2D eigenvalue weighted by Crippen LogP contribution is -2.25. The van der Waals surface area contributed by atoms with Crippen LogP contribution in [0.4, 0.5) is 14.5 Å². The Labute approximate surface area is 154 Å². The average molecular weight is 377 g/mol. The average Bonchev–Trinajstić information content (AvgIpc) is 3.25. The molecule has 0 bridgehead atoms. The first-order valence-corrected chi connectivity index (χ1v) is 8.55. The highest BCUT2D eigenvalue weighted by molar-refractivity contribution is 6.06. The number of hydrogen-bond acceptors (Lipinski definition) is 5. The van der Waals surface area contributed by atoms with Crippen molar-refractivity contribution in [1.29, 1.82) is 0 Å². The normalized spacial score (nSPS) is 19.7. The fraction of sp³-hybridized carbons (Fsp3) is 0.316. The van der Waals surface area contributed by atoms with E-state index in [9.17, 15) is 13.6 Å². The maximum Gasteiger partial charge on any atom is 0.586 e. The van der Waals surface area contributed by atoms with Crippen molar-refractivity contribution < 1.29 is 32.5 Å². The van der Waals surface area contributed by atoms with Crippen LogP contribution in [0.25, 0.3) is 0 Å². The van der Waals surface area contributed by atoms with Crippen molar-refractivity contribution in [2.75, 3.05) is 18.5 Å². The summed E-state index contributed by atoms with van der Waals surface area (Å²) < 4.78 is 46.2. The number of ether oxygens (including phenoxy) is 4. The van der Waals surface area contributed by atoms with Gasteiger partial charge in [-0.15, -0.1) is 8.78 Å². The van der Waals surface area contributed by atoms with Crippen LogP contribution >= 0.6 is 0 Å². The maximum atomic E-state index is 13.1. The Morgan fingerprint density at radius 1 is 1.19 bits per heavy atom. The molecule has 4 rings (SSSR count). The summed E-state index contributed by atoms with van der Waals surface area (Å²) in [5.41, 5.74) is 0.632. The highest BCUT2D eigenvalue weighted by Crippen LogP contribution is 2.42. The number of amides is 1. The molecule has 142 valence electrons. The minimum atomic E-state index is -3.70. The monoisotopic (exact) mass is 377 g/mol. The van der Waals surface area contributed by atoms with Crippen LogP contribution in [-0.2, 0) is 4.74 Å². The quantitative estimate of drug-likeness (QED) is 0.858. The van der Waals surface area contributed by atoms with Gasteiger partial charge in [0.2, 0.25) is 0 Å². The van der Waals surface area contributed by atoms with Crippen molar-refractivity contribution in [3.63, 3.8) is 0 Å². The highest BCUT2D eigenvalue weighted by Gasteiger charge is 2.43.